The minimum atomic E-state index is -1.37. The highest BCUT2D eigenvalue weighted by Crippen LogP contribution is 2.34. The first-order chi connectivity index (χ1) is 10.5. The summed E-state index contributed by atoms with van der Waals surface area (Å²) in [6, 6.07) is 4.89. The number of hydrogen-bond acceptors (Lipinski definition) is 4. The minimum Gasteiger partial charge on any atom is -0.353 e. The number of alkyl halides is 1. The van der Waals surface area contributed by atoms with Crippen molar-refractivity contribution < 1.29 is 13.6 Å². The maximum Gasteiger partial charge on any atom is 0.216 e. The highest BCUT2D eigenvalue weighted by atomic mass is 32.1. The van der Waals surface area contributed by atoms with Gasteiger partial charge in [-0.3, -0.25) is 4.79 Å². The van der Waals surface area contributed by atoms with E-state index in [1.165, 1.54) is 24.3 Å². The fourth-order valence-electron chi connectivity index (χ4n) is 2.60. The Morgan fingerprint density at radius 1 is 1.45 bits per heavy atom. The largest absolute Gasteiger partial charge is 0.353 e. The molecule has 4 nitrogen and oxygen atoms in total. The van der Waals surface area contributed by atoms with Gasteiger partial charge in [-0.15, -0.1) is 0 Å². The van der Waals surface area contributed by atoms with E-state index in [-0.39, 0.29) is 18.3 Å². The quantitative estimate of drug-likeness (QED) is 0.944. The summed E-state index contributed by atoms with van der Waals surface area (Å²) in [5, 5.41) is 3.27. The summed E-state index contributed by atoms with van der Waals surface area (Å²) in [7, 11) is 0. The standard InChI is InChI=1S/C15H17F2N3OS/c1-10(21)18-9-15(17)5-7-20(8-6-15)14-19-13-11(16)3-2-4-12(13)22-14/h2-4H,5-9H2,1H3,(H,18,21). The normalized spacial score (nSPS) is 17.7. The number of thiazole rings is 1. The lowest BCUT2D eigenvalue weighted by atomic mass is 9.93. The number of amides is 1. The van der Waals surface area contributed by atoms with Crippen molar-refractivity contribution in [2.24, 2.45) is 0 Å². The summed E-state index contributed by atoms with van der Waals surface area (Å²) in [6.07, 6.45) is 0.650. The van der Waals surface area contributed by atoms with Gasteiger partial charge in [0.15, 0.2) is 5.13 Å². The fraction of sp³-hybridized carbons (Fsp3) is 0.467. The van der Waals surface area contributed by atoms with Crippen LogP contribution in [0.15, 0.2) is 18.2 Å². The smallest absolute Gasteiger partial charge is 0.216 e. The van der Waals surface area contributed by atoms with Crippen molar-refractivity contribution in [1.82, 2.24) is 10.3 Å². The Kier molecular flexibility index (Phi) is 3.99. The predicted octanol–water partition coefficient (Wildman–Crippen LogP) is 2.88. The number of nitrogens with one attached hydrogen (secondary N) is 1. The minimum absolute atomic E-state index is 0.0463. The number of nitrogens with zero attached hydrogens (tertiary/aromatic N) is 2. The molecular weight excluding hydrogens is 308 g/mol. The van der Waals surface area contributed by atoms with Gasteiger partial charge in [0.05, 0.1) is 11.2 Å². The van der Waals surface area contributed by atoms with E-state index in [4.69, 9.17) is 0 Å². The molecule has 1 aliphatic heterocycles. The van der Waals surface area contributed by atoms with Crippen LogP contribution in [-0.4, -0.2) is 36.2 Å². The first-order valence-electron chi connectivity index (χ1n) is 7.20. The Morgan fingerprint density at radius 3 is 2.82 bits per heavy atom. The van der Waals surface area contributed by atoms with Gasteiger partial charge >= 0.3 is 0 Å². The summed E-state index contributed by atoms with van der Waals surface area (Å²) in [5.74, 6) is -0.552. The number of para-hydroxylation sites is 1. The number of anilines is 1. The monoisotopic (exact) mass is 325 g/mol. The number of carbonyl (C=O) groups is 1. The van der Waals surface area contributed by atoms with Crippen molar-refractivity contribution in [3.8, 4) is 0 Å². The number of hydrogen-bond donors (Lipinski definition) is 1. The summed E-state index contributed by atoms with van der Waals surface area (Å²) >= 11 is 1.42. The van der Waals surface area contributed by atoms with Crippen LogP contribution in [0.1, 0.15) is 19.8 Å². The van der Waals surface area contributed by atoms with Gasteiger partial charge in [-0.05, 0) is 12.1 Å². The third-order valence-corrected chi connectivity index (χ3v) is 5.02. The molecule has 22 heavy (non-hydrogen) atoms. The van der Waals surface area contributed by atoms with E-state index >= 15 is 0 Å². The predicted molar refractivity (Wildman–Crippen MR) is 83.5 cm³/mol. The SMILES string of the molecule is CC(=O)NCC1(F)CCN(c2nc3c(F)cccc3s2)CC1. The number of halogens is 2. The van der Waals surface area contributed by atoms with Crippen LogP contribution in [-0.2, 0) is 4.79 Å². The maximum absolute atomic E-state index is 14.6. The lowest BCUT2D eigenvalue weighted by molar-refractivity contribution is -0.119. The summed E-state index contributed by atoms with van der Waals surface area (Å²) in [5.41, 5.74) is -0.998. The van der Waals surface area contributed by atoms with Crippen molar-refractivity contribution in [3.63, 3.8) is 0 Å². The average Bonchev–Trinajstić information content (AvgIpc) is 2.92. The summed E-state index contributed by atoms with van der Waals surface area (Å²) in [6.45, 7) is 2.45. The van der Waals surface area contributed by atoms with Crippen molar-refractivity contribution in [2.45, 2.75) is 25.4 Å². The van der Waals surface area contributed by atoms with Crippen LogP contribution in [0.3, 0.4) is 0 Å². The number of carbonyl (C=O) groups excluding carboxylic acids is 1. The van der Waals surface area contributed by atoms with E-state index in [0.717, 1.165) is 9.83 Å². The third kappa shape index (κ3) is 3.04. The number of aromatic nitrogens is 1. The van der Waals surface area contributed by atoms with Crippen molar-refractivity contribution in [3.05, 3.63) is 24.0 Å². The van der Waals surface area contributed by atoms with Crippen LogP contribution < -0.4 is 10.2 Å². The molecule has 1 fully saturated rings. The fourth-order valence-corrected chi connectivity index (χ4v) is 3.63. The Labute approximate surface area is 131 Å². The first kappa shape index (κ1) is 15.1. The molecule has 0 unspecified atom stereocenters. The molecule has 0 bridgehead atoms. The molecule has 1 N–H and O–H groups in total. The Morgan fingerprint density at radius 2 is 2.18 bits per heavy atom. The molecule has 1 saturated heterocycles. The zero-order valence-corrected chi connectivity index (χ0v) is 13.1. The van der Waals surface area contributed by atoms with E-state index < -0.39 is 5.67 Å². The molecule has 2 heterocycles. The molecule has 0 radical (unpaired) electrons. The maximum atomic E-state index is 14.6. The highest BCUT2D eigenvalue weighted by molar-refractivity contribution is 7.22. The van der Waals surface area contributed by atoms with E-state index in [9.17, 15) is 13.6 Å². The molecule has 118 valence electrons. The van der Waals surface area contributed by atoms with Gasteiger partial charge in [-0.25, -0.2) is 13.8 Å². The van der Waals surface area contributed by atoms with Gasteiger partial charge in [-0.2, -0.15) is 0 Å². The van der Waals surface area contributed by atoms with E-state index in [2.05, 4.69) is 10.3 Å². The van der Waals surface area contributed by atoms with Gasteiger partial charge < -0.3 is 10.2 Å². The lowest BCUT2D eigenvalue weighted by Crippen LogP contribution is -2.48. The number of benzene rings is 1. The van der Waals surface area contributed by atoms with E-state index in [1.807, 2.05) is 11.0 Å². The van der Waals surface area contributed by atoms with Crippen LogP contribution in [0.25, 0.3) is 10.2 Å². The molecule has 0 spiro atoms. The molecule has 3 rings (SSSR count). The zero-order chi connectivity index (χ0) is 15.7. The van der Waals surface area contributed by atoms with E-state index in [0.29, 0.717) is 31.4 Å². The van der Waals surface area contributed by atoms with Crippen molar-refractivity contribution in [2.75, 3.05) is 24.5 Å². The second-order valence-corrected chi connectivity index (χ2v) is 6.64. The summed E-state index contributed by atoms with van der Waals surface area (Å²) < 4.78 is 29.1. The molecule has 0 aliphatic carbocycles. The first-order valence-corrected chi connectivity index (χ1v) is 8.02. The average molecular weight is 325 g/mol. The Bertz CT molecular complexity index is 695. The van der Waals surface area contributed by atoms with E-state index in [1.54, 1.807) is 6.07 Å². The number of fused-ring (bicyclic) bond motifs is 1. The zero-order valence-electron chi connectivity index (χ0n) is 12.2. The van der Waals surface area contributed by atoms with Gasteiger partial charge in [0, 0.05) is 32.9 Å². The molecule has 1 aromatic carbocycles. The molecule has 0 saturated carbocycles. The van der Waals surface area contributed by atoms with Gasteiger partial charge in [0.25, 0.3) is 0 Å². The van der Waals surface area contributed by atoms with Crippen molar-refractivity contribution in [1.29, 1.82) is 0 Å². The van der Waals surface area contributed by atoms with Gasteiger partial charge in [0.1, 0.15) is 17.0 Å². The van der Waals surface area contributed by atoms with Crippen LogP contribution in [0.4, 0.5) is 13.9 Å². The molecule has 2 aromatic rings. The number of piperidine rings is 1. The van der Waals surface area contributed by atoms with Crippen LogP contribution in [0, 0.1) is 5.82 Å². The molecule has 1 aromatic heterocycles. The second kappa shape index (κ2) is 5.79. The van der Waals surface area contributed by atoms with Crippen molar-refractivity contribution >= 4 is 32.6 Å². The molecule has 0 atom stereocenters. The Balaban J connectivity index is 1.70. The molecular formula is C15H17F2N3OS. The highest BCUT2D eigenvalue weighted by Gasteiger charge is 2.35. The molecule has 1 amide bonds. The summed E-state index contributed by atoms with van der Waals surface area (Å²) in [4.78, 5) is 17.2. The third-order valence-electron chi connectivity index (χ3n) is 3.94. The van der Waals surface area contributed by atoms with Gasteiger partial charge in [-0.1, -0.05) is 17.4 Å². The molecule has 7 heteroatoms. The van der Waals surface area contributed by atoms with Crippen LogP contribution in [0.2, 0.25) is 0 Å². The lowest BCUT2D eigenvalue weighted by Gasteiger charge is -2.36. The number of rotatable bonds is 3. The van der Waals surface area contributed by atoms with Crippen LogP contribution >= 0.6 is 11.3 Å². The van der Waals surface area contributed by atoms with Gasteiger partial charge in [0.2, 0.25) is 5.91 Å². The topological polar surface area (TPSA) is 45.2 Å². The molecule has 1 aliphatic rings. The second-order valence-electron chi connectivity index (χ2n) is 5.63. The Hall–Kier alpha value is -1.76. The van der Waals surface area contributed by atoms with Crippen LogP contribution in [0.5, 0.6) is 0 Å².